The maximum Gasteiger partial charge on any atom is 0.134 e. The molecule has 2 aliphatic rings. The molecule has 0 saturated carbocycles. The lowest BCUT2D eigenvalue weighted by molar-refractivity contribution is -0.110. The number of ether oxygens (including phenoxy) is 1. The Morgan fingerprint density at radius 2 is 1.91 bits per heavy atom. The first-order valence-electron chi connectivity index (χ1n) is 11.4. The van der Waals surface area contributed by atoms with Crippen molar-refractivity contribution < 1.29 is 9.53 Å². The summed E-state index contributed by atoms with van der Waals surface area (Å²) in [4.78, 5) is 14.9. The van der Waals surface area contributed by atoms with Crippen LogP contribution in [0.2, 0.25) is 10.0 Å². The van der Waals surface area contributed by atoms with Crippen molar-refractivity contribution in [2.45, 2.75) is 64.0 Å². The van der Waals surface area contributed by atoms with Crippen molar-refractivity contribution in [1.82, 2.24) is 0 Å². The van der Waals surface area contributed by atoms with Gasteiger partial charge >= 0.3 is 0 Å². The second kappa shape index (κ2) is 8.85. The second-order valence-electron chi connectivity index (χ2n) is 10.1. The number of carbonyl (C=O) groups is 1. The minimum atomic E-state index is -0.900. The van der Waals surface area contributed by atoms with Gasteiger partial charge < -0.3 is 14.4 Å². The SMILES string of the molecule is CC1=CC=CC(N(C)c2cc(Cl)c(Cl)cc2C(C)(C=O)c2ccc3c(c2)CCC(C)(C)O3)C1. The van der Waals surface area contributed by atoms with E-state index in [-0.39, 0.29) is 11.6 Å². The number of aldehydes is 1. The third-order valence-corrected chi connectivity index (χ3v) is 7.72. The molecular weight excluding hydrogens is 453 g/mol. The first kappa shape index (κ1) is 23.9. The summed E-state index contributed by atoms with van der Waals surface area (Å²) in [7, 11) is 2.05. The minimum Gasteiger partial charge on any atom is -0.488 e. The third-order valence-electron chi connectivity index (χ3n) is 7.00. The summed E-state index contributed by atoms with van der Waals surface area (Å²) < 4.78 is 6.16. The second-order valence-corrected chi connectivity index (χ2v) is 10.9. The van der Waals surface area contributed by atoms with E-state index in [1.54, 1.807) is 0 Å². The lowest BCUT2D eigenvalue weighted by Gasteiger charge is -2.37. The zero-order valence-corrected chi connectivity index (χ0v) is 21.4. The van der Waals surface area contributed by atoms with E-state index in [0.717, 1.165) is 53.7 Å². The predicted octanol–water partition coefficient (Wildman–Crippen LogP) is 7.31. The number of benzene rings is 2. The molecule has 0 spiro atoms. The molecule has 0 fully saturated rings. The van der Waals surface area contributed by atoms with Crippen molar-refractivity contribution in [3.8, 4) is 5.75 Å². The Morgan fingerprint density at radius 1 is 1.18 bits per heavy atom. The molecule has 4 rings (SSSR count). The van der Waals surface area contributed by atoms with Crippen LogP contribution >= 0.6 is 23.2 Å². The summed E-state index contributed by atoms with van der Waals surface area (Å²) in [6, 6.07) is 9.99. The minimum absolute atomic E-state index is 0.168. The molecule has 2 unspecified atom stereocenters. The van der Waals surface area contributed by atoms with Crippen LogP contribution in [0.5, 0.6) is 5.75 Å². The van der Waals surface area contributed by atoms with Gasteiger partial charge in [0.25, 0.3) is 0 Å². The summed E-state index contributed by atoms with van der Waals surface area (Å²) in [5.74, 6) is 0.893. The Kier molecular flexibility index (Phi) is 6.41. The molecule has 0 amide bonds. The van der Waals surface area contributed by atoms with Crippen molar-refractivity contribution >= 4 is 35.2 Å². The van der Waals surface area contributed by atoms with Gasteiger partial charge in [-0.05, 0) is 81.8 Å². The number of anilines is 1. The highest BCUT2D eigenvalue weighted by atomic mass is 35.5. The Labute approximate surface area is 207 Å². The average molecular weight is 484 g/mol. The van der Waals surface area contributed by atoms with Crippen molar-refractivity contribution in [3.05, 3.63) is 80.9 Å². The molecule has 174 valence electrons. The standard InChI is InChI=1S/C28H31Cl2NO2/c1-18-7-6-8-21(13-18)31(5)25-16-24(30)23(29)15-22(25)28(4,17-32)20-9-10-26-19(14-20)11-12-27(2,3)33-26/h6-10,14-17,21H,11-13H2,1-5H3. The van der Waals surface area contributed by atoms with Gasteiger partial charge in [-0.15, -0.1) is 0 Å². The van der Waals surface area contributed by atoms with E-state index in [1.165, 1.54) is 5.57 Å². The highest BCUT2D eigenvalue weighted by Crippen LogP contribution is 2.43. The van der Waals surface area contributed by atoms with Crippen molar-refractivity contribution in [2.75, 3.05) is 11.9 Å². The number of hydrogen-bond acceptors (Lipinski definition) is 3. The summed E-state index contributed by atoms with van der Waals surface area (Å²) >= 11 is 13.0. The molecule has 1 aliphatic carbocycles. The normalized spacial score (nSPS) is 20.8. The summed E-state index contributed by atoms with van der Waals surface area (Å²) in [6.07, 6.45) is 10.2. The topological polar surface area (TPSA) is 29.5 Å². The highest BCUT2D eigenvalue weighted by Gasteiger charge is 2.35. The molecule has 33 heavy (non-hydrogen) atoms. The molecular formula is C28H31Cl2NO2. The Hall–Kier alpha value is -2.23. The average Bonchev–Trinajstić information content (AvgIpc) is 2.78. The smallest absolute Gasteiger partial charge is 0.134 e. The fourth-order valence-corrected chi connectivity index (χ4v) is 5.09. The van der Waals surface area contributed by atoms with E-state index in [9.17, 15) is 4.79 Å². The Balaban J connectivity index is 1.81. The zero-order chi connectivity index (χ0) is 24.0. The van der Waals surface area contributed by atoms with Crippen LogP contribution in [0.4, 0.5) is 5.69 Å². The van der Waals surface area contributed by atoms with E-state index >= 15 is 0 Å². The molecule has 0 bridgehead atoms. The molecule has 2 aromatic carbocycles. The van der Waals surface area contributed by atoms with Crippen LogP contribution in [0.3, 0.4) is 0 Å². The number of fused-ring (bicyclic) bond motifs is 1. The van der Waals surface area contributed by atoms with Gasteiger partial charge in [0.2, 0.25) is 0 Å². The van der Waals surface area contributed by atoms with Crippen LogP contribution in [-0.2, 0) is 16.6 Å². The van der Waals surface area contributed by atoms with Crippen molar-refractivity contribution in [1.29, 1.82) is 0 Å². The van der Waals surface area contributed by atoms with Crippen LogP contribution in [-0.4, -0.2) is 25.0 Å². The van der Waals surface area contributed by atoms with Gasteiger partial charge in [-0.25, -0.2) is 0 Å². The number of likely N-dealkylation sites (N-methyl/N-ethyl adjacent to an activating group) is 1. The molecule has 0 saturated heterocycles. The summed E-state index contributed by atoms with van der Waals surface area (Å²) in [5.41, 5.74) is 4.02. The highest BCUT2D eigenvalue weighted by molar-refractivity contribution is 6.42. The maximum atomic E-state index is 12.7. The van der Waals surface area contributed by atoms with Crippen LogP contribution in [0, 0.1) is 0 Å². The number of rotatable bonds is 5. The summed E-state index contributed by atoms with van der Waals surface area (Å²) in [6.45, 7) is 8.29. The first-order chi connectivity index (χ1) is 15.5. The van der Waals surface area contributed by atoms with E-state index in [0.29, 0.717) is 10.0 Å². The van der Waals surface area contributed by atoms with Gasteiger partial charge in [-0.1, -0.05) is 59.1 Å². The molecule has 0 aromatic heterocycles. The number of aryl methyl sites for hydroxylation is 1. The molecule has 2 aromatic rings. The quantitative estimate of drug-likeness (QED) is 0.417. The van der Waals surface area contributed by atoms with Gasteiger partial charge in [-0.3, -0.25) is 0 Å². The van der Waals surface area contributed by atoms with E-state index in [1.807, 2.05) is 38.2 Å². The molecule has 0 N–H and O–H groups in total. The number of hydrogen-bond donors (Lipinski definition) is 0. The molecule has 1 heterocycles. The maximum absolute atomic E-state index is 12.7. The molecule has 5 heteroatoms. The monoisotopic (exact) mass is 483 g/mol. The fraction of sp³-hybridized carbons (Fsp3) is 0.393. The molecule has 0 radical (unpaired) electrons. The van der Waals surface area contributed by atoms with Crippen molar-refractivity contribution in [3.63, 3.8) is 0 Å². The number of halogens is 2. The lowest BCUT2D eigenvalue weighted by Crippen LogP contribution is -2.35. The molecule has 1 aliphatic heterocycles. The van der Waals surface area contributed by atoms with Gasteiger partial charge in [0.15, 0.2) is 0 Å². The molecule has 3 nitrogen and oxygen atoms in total. The van der Waals surface area contributed by atoms with E-state index < -0.39 is 5.41 Å². The largest absolute Gasteiger partial charge is 0.488 e. The van der Waals surface area contributed by atoms with Gasteiger partial charge in [0.1, 0.15) is 17.6 Å². The Bertz CT molecular complexity index is 1150. The molecule has 2 atom stereocenters. The van der Waals surface area contributed by atoms with E-state index in [4.69, 9.17) is 27.9 Å². The van der Waals surface area contributed by atoms with Gasteiger partial charge in [0.05, 0.1) is 21.5 Å². The number of nitrogens with zero attached hydrogens (tertiary/aromatic N) is 1. The van der Waals surface area contributed by atoms with Crippen LogP contribution in [0.1, 0.15) is 57.2 Å². The fourth-order valence-electron chi connectivity index (χ4n) is 4.77. The van der Waals surface area contributed by atoms with Crippen LogP contribution in [0.25, 0.3) is 0 Å². The number of allylic oxidation sites excluding steroid dienone is 2. The van der Waals surface area contributed by atoms with Gasteiger partial charge in [0, 0.05) is 12.7 Å². The first-order valence-corrected chi connectivity index (χ1v) is 12.1. The van der Waals surface area contributed by atoms with Gasteiger partial charge in [-0.2, -0.15) is 0 Å². The zero-order valence-electron chi connectivity index (χ0n) is 19.9. The van der Waals surface area contributed by atoms with E-state index in [2.05, 4.69) is 50.0 Å². The Morgan fingerprint density at radius 3 is 2.61 bits per heavy atom. The summed E-state index contributed by atoms with van der Waals surface area (Å²) in [5, 5.41) is 0.916. The lowest BCUT2D eigenvalue weighted by atomic mass is 9.75. The third kappa shape index (κ3) is 4.58. The van der Waals surface area contributed by atoms with Crippen molar-refractivity contribution in [2.24, 2.45) is 0 Å². The van der Waals surface area contributed by atoms with Crippen LogP contribution in [0.15, 0.2) is 54.1 Å². The predicted molar refractivity (Wildman–Crippen MR) is 138 cm³/mol. The number of carbonyl (C=O) groups excluding carboxylic acids is 1. The van der Waals surface area contributed by atoms with Crippen LogP contribution < -0.4 is 9.64 Å².